The van der Waals surface area contributed by atoms with Crippen LogP contribution >= 0.6 is 0 Å². The lowest BCUT2D eigenvalue weighted by Crippen LogP contribution is -2.22. The van der Waals surface area contributed by atoms with E-state index in [1.807, 2.05) is 60.3 Å². The van der Waals surface area contributed by atoms with Crippen molar-refractivity contribution in [1.82, 2.24) is 9.88 Å². The van der Waals surface area contributed by atoms with Gasteiger partial charge in [-0.15, -0.1) is 0 Å². The minimum Gasteiger partial charge on any atom is -0.352 e. The summed E-state index contributed by atoms with van der Waals surface area (Å²) in [5.41, 5.74) is 1.75. The van der Waals surface area contributed by atoms with Gasteiger partial charge in [-0.1, -0.05) is 0 Å². The maximum Gasteiger partial charge on any atom is 0.251 e. The van der Waals surface area contributed by atoms with Crippen molar-refractivity contribution in [2.75, 3.05) is 6.54 Å². The van der Waals surface area contributed by atoms with Crippen molar-refractivity contribution in [2.45, 2.75) is 6.92 Å². The minimum atomic E-state index is -0.0263. The third kappa shape index (κ3) is 2.14. The molecule has 82 valence electrons. The SMILES string of the molecule is CCNC(=O)c1ccc(-n2cccc2)cc1. The molecule has 1 N–H and O–H groups in total. The predicted molar refractivity (Wildman–Crippen MR) is 63.8 cm³/mol. The van der Waals surface area contributed by atoms with Gasteiger partial charge in [-0.25, -0.2) is 0 Å². The number of nitrogens with zero attached hydrogens (tertiary/aromatic N) is 1. The molecule has 0 unspecified atom stereocenters. The van der Waals surface area contributed by atoms with Gasteiger partial charge in [0, 0.05) is 30.2 Å². The molecule has 3 nitrogen and oxygen atoms in total. The maximum atomic E-state index is 11.5. The standard InChI is InChI=1S/C13H14N2O/c1-2-14-13(16)11-5-7-12(8-6-11)15-9-3-4-10-15/h3-10H,2H2,1H3,(H,14,16). The van der Waals surface area contributed by atoms with Crippen LogP contribution in [0.1, 0.15) is 17.3 Å². The molecule has 1 aromatic carbocycles. The Morgan fingerprint density at radius 1 is 1.19 bits per heavy atom. The first-order chi connectivity index (χ1) is 7.81. The Hall–Kier alpha value is -2.03. The third-order valence-electron chi connectivity index (χ3n) is 2.37. The van der Waals surface area contributed by atoms with Gasteiger partial charge in [-0.3, -0.25) is 4.79 Å². The van der Waals surface area contributed by atoms with Crippen molar-refractivity contribution in [3.8, 4) is 5.69 Å². The number of hydrogen-bond acceptors (Lipinski definition) is 1. The molecule has 0 saturated carbocycles. The Labute approximate surface area is 94.7 Å². The smallest absolute Gasteiger partial charge is 0.251 e. The fourth-order valence-corrected chi connectivity index (χ4v) is 1.55. The van der Waals surface area contributed by atoms with Crippen molar-refractivity contribution >= 4 is 5.91 Å². The molecule has 1 aromatic heterocycles. The van der Waals surface area contributed by atoms with Gasteiger partial charge in [-0.2, -0.15) is 0 Å². The number of carbonyl (C=O) groups excluding carboxylic acids is 1. The summed E-state index contributed by atoms with van der Waals surface area (Å²) in [5.74, 6) is -0.0263. The highest BCUT2D eigenvalue weighted by atomic mass is 16.1. The summed E-state index contributed by atoms with van der Waals surface area (Å²) in [6, 6.07) is 11.5. The van der Waals surface area contributed by atoms with Gasteiger partial charge in [0.25, 0.3) is 5.91 Å². The zero-order valence-corrected chi connectivity index (χ0v) is 9.18. The minimum absolute atomic E-state index is 0.0263. The van der Waals surface area contributed by atoms with Crippen LogP contribution in [0.3, 0.4) is 0 Å². The lowest BCUT2D eigenvalue weighted by atomic mass is 10.2. The highest BCUT2D eigenvalue weighted by Crippen LogP contribution is 2.09. The Bertz CT molecular complexity index is 457. The maximum absolute atomic E-state index is 11.5. The Morgan fingerprint density at radius 2 is 1.81 bits per heavy atom. The van der Waals surface area contributed by atoms with Crippen molar-refractivity contribution in [3.05, 3.63) is 54.4 Å². The zero-order chi connectivity index (χ0) is 11.4. The van der Waals surface area contributed by atoms with Crippen LogP contribution < -0.4 is 5.32 Å². The first-order valence-electron chi connectivity index (χ1n) is 5.33. The van der Waals surface area contributed by atoms with Crippen molar-refractivity contribution in [2.24, 2.45) is 0 Å². The summed E-state index contributed by atoms with van der Waals surface area (Å²) in [5, 5.41) is 2.77. The zero-order valence-electron chi connectivity index (χ0n) is 9.18. The molecule has 0 bridgehead atoms. The second-order valence-electron chi connectivity index (χ2n) is 3.50. The molecular formula is C13H14N2O. The van der Waals surface area contributed by atoms with Crippen molar-refractivity contribution < 1.29 is 4.79 Å². The van der Waals surface area contributed by atoms with E-state index in [1.54, 1.807) is 0 Å². The van der Waals surface area contributed by atoms with E-state index in [4.69, 9.17) is 0 Å². The number of carbonyl (C=O) groups is 1. The molecule has 1 amide bonds. The lowest BCUT2D eigenvalue weighted by Gasteiger charge is -2.05. The number of hydrogen-bond donors (Lipinski definition) is 1. The van der Waals surface area contributed by atoms with E-state index in [0.717, 1.165) is 5.69 Å². The van der Waals surface area contributed by atoms with E-state index in [0.29, 0.717) is 12.1 Å². The molecule has 0 fully saturated rings. The lowest BCUT2D eigenvalue weighted by molar-refractivity contribution is 0.0956. The molecule has 2 rings (SSSR count). The van der Waals surface area contributed by atoms with Gasteiger partial charge in [0.15, 0.2) is 0 Å². The predicted octanol–water partition coefficient (Wildman–Crippen LogP) is 2.23. The highest BCUT2D eigenvalue weighted by Gasteiger charge is 2.03. The number of benzene rings is 1. The molecule has 1 heterocycles. The number of nitrogens with one attached hydrogen (secondary N) is 1. The highest BCUT2D eigenvalue weighted by molar-refractivity contribution is 5.94. The van der Waals surface area contributed by atoms with Gasteiger partial charge in [0.2, 0.25) is 0 Å². The fraction of sp³-hybridized carbons (Fsp3) is 0.154. The second-order valence-corrected chi connectivity index (χ2v) is 3.50. The van der Waals surface area contributed by atoms with E-state index in [-0.39, 0.29) is 5.91 Å². The van der Waals surface area contributed by atoms with Gasteiger partial charge < -0.3 is 9.88 Å². The molecule has 0 radical (unpaired) electrons. The molecular weight excluding hydrogens is 200 g/mol. The van der Waals surface area contributed by atoms with Crippen LogP contribution in [0.25, 0.3) is 5.69 Å². The van der Waals surface area contributed by atoms with E-state index < -0.39 is 0 Å². The van der Waals surface area contributed by atoms with Crippen LogP contribution in [0.2, 0.25) is 0 Å². The summed E-state index contributed by atoms with van der Waals surface area (Å²) in [7, 11) is 0. The first-order valence-corrected chi connectivity index (χ1v) is 5.33. The largest absolute Gasteiger partial charge is 0.352 e. The molecule has 0 saturated heterocycles. The average molecular weight is 214 g/mol. The summed E-state index contributed by atoms with van der Waals surface area (Å²) in [6.45, 7) is 2.56. The van der Waals surface area contributed by atoms with Crippen LogP contribution in [0.4, 0.5) is 0 Å². The summed E-state index contributed by atoms with van der Waals surface area (Å²) < 4.78 is 2.00. The average Bonchev–Trinajstić information content (AvgIpc) is 2.83. The van der Waals surface area contributed by atoms with E-state index in [2.05, 4.69) is 5.32 Å². The van der Waals surface area contributed by atoms with Crippen LogP contribution in [-0.2, 0) is 0 Å². The first kappa shape index (κ1) is 10.5. The number of amides is 1. The Morgan fingerprint density at radius 3 is 2.38 bits per heavy atom. The van der Waals surface area contributed by atoms with Crippen molar-refractivity contribution in [3.63, 3.8) is 0 Å². The van der Waals surface area contributed by atoms with Gasteiger partial charge >= 0.3 is 0 Å². The number of aromatic nitrogens is 1. The van der Waals surface area contributed by atoms with Crippen molar-refractivity contribution in [1.29, 1.82) is 0 Å². The third-order valence-corrected chi connectivity index (χ3v) is 2.37. The molecule has 16 heavy (non-hydrogen) atoms. The van der Waals surface area contributed by atoms with Crippen LogP contribution in [0, 0.1) is 0 Å². The Kier molecular flexibility index (Phi) is 3.05. The van der Waals surface area contributed by atoms with Crippen LogP contribution in [0.15, 0.2) is 48.8 Å². The van der Waals surface area contributed by atoms with Crippen LogP contribution in [0.5, 0.6) is 0 Å². The fourth-order valence-electron chi connectivity index (χ4n) is 1.55. The summed E-state index contributed by atoms with van der Waals surface area (Å²) in [6.07, 6.45) is 3.95. The topological polar surface area (TPSA) is 34.0 Å². The van der Waals surface area contributed by atoms with Crippen LogP contribution in [-0.4, -0.2) is 17.0 Å². The monoisotopic (exact) mass is 214 g/mol. The second kappa shape index (κ2) is 4.66. The van der Waals surface area contributed by atoms with E-state index in [9.17, 15) is 4.79 Å². The molecule has 2 aromatic rings. The summed E-state index contributed by atoms with van der Waals surface area (Å²) >= 11 is 0. The molecule has 0 atom stereocenters. The molecule has 0 spiro atoms. The van der Waals surface area contributed by atoms with Gasteiger partial charge in [0.05, 0.1) is 0 Å². The number of rotatable bonds is 3. The molecule has 0 aliphatic heterocycles. The normalized spacial score (nSPS) is 10.1. The molecule has 0 aliphatic carbocycles. The van der Waals surface area contributed by atoms with E-state index in [1.165, 1.54) is 0 Å². The van der Waals surface area contributed by atoms with Gasteiger partial charge in [0.1, 0.15) is 0 Å². The quantitative estimate of drug-likeness (QED) is 0.835. The Balaban J connectivity index is 2.20. The van der Waals surface area contributed by atoms with Gasteiger partial charge in [-0.05, 0) is 43.3 Å². The van der Waals surface area contributed by atoms with E-state index >= 15 is 0 Å². The molecule has 0 aliphatic rings. The summed E-state index contributed by atoms with van der Waals surface area (Å²) in [4.78, 5) is 11.5. The molecule has 3 heteroatoms.